The fraction of sp³-hybridized carbons (Fsp3) is 0.263. The number of carbonyl (C=O) groups excluding carboxylic acids is 2. The molecule has 2 atom stereocenters. The molecule has 0 radical (unpaired) electrons. The van der Waals surface area contributed by atoms with Crippen molar-refractivity contribution in [2.45, 2.75) is 26.3 Å². The van der Waals surface area contributed by atoms with E-state index >= 15 is 0 Å². The Hall–Kier alpha value is -2.58. The van der Waals surface area contributed by atoms with E-state index < -0.39 is 6.04 Å². The molecule has 0 spiro atoms. The summed E-state index contributed by atoms with van der Waals surface area (Å²) in [6.45, 7) is 3.93. The quantitative estimate of drug-likeness (QED) is 0.627. The molecule has 2 unspecified atom stereocenters. The lowest BCUT2D eigenvalue weighted by Gasteiger charge is -2.22. The molecular formula is C19H20N4O2S2. The predicted octanol–water partition coefficient (Wildman–Crippen LogP) is 4.05. The third kappa shape index (κ3) is 4.78. The third-order valence-electron chi connectivity index (χ3n) is 4.20. The number of amides is 2. The number of aromatic nitrogens is 2. The molecule has 3 aromatic rings. The van der Waals surface area contributed by atoms with E-state index in [1.165, 1.54) is 22.7 Å². The van der Waals surface area contributed by atoms with Gasteiger partial charge < -0.3 is 5.32 Å². The van der Waals surface area contributed by atoms with Gasteiger partial charge >= 0.3 is 0 Å². The molecule has 0 saturated carbocycles. The van der Waals surface area contributed by atoms with Gasteiger partial charge in [-0.3, -0.25) is 14.9 Å². The Morgan fingerprint density at radius 3 is 2.56 bits per heavy atom. The maximum Gasteiger partial charge on any atom is 0.262 e. The Morgan fingerprint density at radius 1 is 1.11 bits per heavy atom. The highest BCUT2D eigenvalue weighted by Gasteiger charge is 2.27. The van der Waals surface area contributed by atoms with Gasteiger partial charge in [-0.25, -0.2) is 0 Å². The number of carbonyl (C=O) groups is 2. The average molecular weight is 401 g/mol. The molecular weight excluding hydrogens is 380 g/mol. The molecule has 0 saturated heterocycles. The van der Waals surface area contributed by atoms with Crippen molar-refractivity contribution < 1.29 is 9.59 Å². The lowest BCUT2D eigenvalue weighted by molar-refractivity contribution is -0.119. The van der Waals surface area contributed by atoms with Crippen LogP contribution in [0.3, 0.4) is 0 Å². The lowest BCUT2D eigenvalue weighted by atomic mass is 9.98. The highest BCUT2D eigenvalue weighted by Crippen LogP contribution is 2.26. The molecule has 8 heteroatoms. The molecule has 6 nitrogen and oxygen atoms in total. The minimum Gasteiger partial charge on any atom is -0.339 e. The molecule has 2 aromatic heterocycles. The van der Waals surface area contributed by atoms with E-state index in [0.29, 0.717) is 10.0 Å². The number of rotatable bonds is 7. The summed E-state index contributed by atoms with van der Waals surface area (Å²) in [6.07, 6.45) is 0.758. The van der Waals surface area contributed by atoms with Gasteiger partial charge in [0, 0.05) is 5.56 Å². The molecule has 2 amide bonds. The van der Waals surface area contributed by atoms with Gasteiger partial charge in [0.25, 0.3) is 5.91 Å². The second-order valence-corrected chi connectivity index (χ2v) is 8.01. The number of nitrogens with zero attached hydrogens (tertiary/aromatic N) is 2. The third-order valence-corrected chi connectivity index (χ3v) is 5.96. The molecule has 0 aliphatic rings. The van der Waals surface area contributed by atoms with E-state index in [1.54, 1.807) is 6.07 Å². The minimum atomic E-state index is -0.645. The van der Waals surface area contributed by atoms with E-state index in [-0.39, 0.29) is 17.7 Å². The number of thiophene rings is 1. The van der Waals surface area contributed by atoms with E-state index in [9.17, 15) is 9.59 Å². The van der Waals surface area contributed by atoms with Crippen LogP contribution in [0.1, 0.15) is 29.9 Å². The number of benzene rings is 1. The van der Waals surface area contributed by atoms with Crippen molar-refractivity contribution in [3.63, 3.8) is 0 Å². The number of hydrogen-bond donors (Lipinski definition) is 2. The van der Waals surface area contributed by atoms with Crippen LogP contribution in [0.15, 0.2) is 47.8 Å². The van der Waals surface area contributed by atoms with Gasteiger partial charge in [0.05, 0.1) is 4.88 Å². The molecule has 2 N–H and O–H groups in total. The summed E-state index contributed by atoms with van der Waals surface area (Å²) in [5.41, 5.74) is 0.944. The van der Waals surface area contributed by atoms with Crippen LogP contribution in [-0.4, -0.2) is 28.1 Å². The minimum absolute atomic E-state index is 0.0181. The van der Waals surface area contributed by atoms with Gasteiger partial charge in [-0.05, 0) is 17.4 Å². The second-order valence-electron chi connectivity index (χ2n) is 6.08. The Morgan fingerprint density at radius 2 is 1.89 bits per heavy atom. The molecule has 1 aromatic carbocycles. The van der Waals surface area contributed by atoms with Gasteiger partial charge in [-0.1, -0.05) is 68.0 Å². The molecule has 140 valence electrons. The normalized spacial score (nSPS) is 13.0. The first-order valence-electron chi connectivity index (χ1n) is 8.62. The predicted molar refractivity (Wildman–Crippen MR) is 109 cm³/mol. The zero-order valence-corrected chi connectivity index (χ0v) is 16.6. The smallest absolute Gasteiger partial charge is 0.262 e. The summed E-state index contributed by atoms with van der Waals surface area (Å²) >= 11 is 2.65. The molecule has 0 fully saturated rings. The monoisotopic (exact) mass is 400 g/mol. The van der Waals surface area contributed by atoms with Crippen molar-refractivity contribution >= 4 is 39.6 Å². The van der Waals surface area contributed by atoms with Crippen molar-refractivity contribution in [3.8, 4) is 10.6 Å². The zero-order chi connectivity index (χ0) is 19.2. The first-order valence-corrected chi connectivity index (χ1v) is 10.3. The first-order chi connectivity index (χ1) is 13.1. The summed E-state index contributed by atoms with van der Waals surface area (Å²) in [5.74, 6) is -0.548. The number of anilines is 1. The fourth-order valence-corrected chi connectivity index (χ4v) is 3.86. The highest BCUT2D eigenvalue weighted by molar-refractivity contribution is 7.18. The average Bonchev–Trinajstić information content (AvgIpc) is 3.38. The van der Waals surface area contributed by atoms with Crippen LogP contribution in [0.5, 0.6) is 0 Å². The lowest BCUT2D eigenvalue weighted by Crippen LogP contribution is -2.47. The Labute approximate surface area is 165 Å². The Balaban J connectivity index is 1.71. The van der Waals surface area contributed by atoms with Crippen LogP contribution in [0.2, 0.25) is 0 Å². The van der Waals surface area contributed by atoms with Gasteiger partial charge in [0.15, 0.2) is 0 Å². The number of nitrogens with one attached hydrogen (secondary N) is 2. The van der Waals surface area contributed by atoms with Crippen LogP contribution in [0.4, 0.5) is 5.13 Å². The summed E-state index contributed by atoms with van der Waals surface area (Å²) < 4.78 is 0. The van der Waals surface area contributed by atoms with Crippen molar-refractivity contribution in [2.75, 3.05) is 5.32 Å². The molecule has 2 heterocycles. The van der Waals surface area contributed by atoms with Crippen LogP contribution < -0.4 is 10.6 Å². The standard InChI is InChI=1S/C19H20N4O2S2/c1-3-12(2)15(20-16(24)14-10-7-11-26-14)17(25)21-19-23-22-18(27-19)13-8-5-4-6-9-13/h4-12,15H,3H2,1-2H3,(H,20,24)(H,21,23,25). The zero-order valence-electron chi connectivity index (χ0n) is 15.0. The molecule has 3 rings (SSSR count). The van der Waals surface area contributed by atoms with E-state index in [4.69, 9.17) is 0 Å². The Bertz CT molecular complexity index is 894. The van der Waals surface area contributed by atoms with E-state index in [1.807, 2.05) is 55.6 Å². The molecule has 0 aliphatic heterocycles. The van der Waals surface area contributed by atoms with Gasteiger partial charge in [0.2, 0.25) is 11.0 Å². The van der Waals surface area contributed by atoms with Crippen LogP contribution in [0, 0.1) is 5.92 Å². The first kappa shape index (κ1) is 19.2. The topological polar surface area (TPSA) is 84.0 Å². The second kappa shape index (κ2) is 8.88. The highest BCUT2D eigenvalue weighted by atomic mass is 32.1. The Kier molecular flexibility index (Phi) is 6.31. The van der Waals surface area contributed by atoms with Gasteiger partial charge in [-0.2, -0.15) is 0 Å². The largest absolute Gasteiger partial charge is 0.339 e. The van der Waals surface area contributed by atoms with Crippen molar-refractivity contribution in [1.82, 2.24) is 15.5 Å². The van der Waals surface area contributed by atoms with Crippen molar-refractivity contribution in [3.05, 3.63) is 52.7 Å². The maximum absolute atomic E-state index is 12.8. The van der Waals surface area contributed by atoms with Crippen molar-refractivity contribution in [2.24, 2.45) is 5.92 Å². The SMILES string of the molecule is CCC(C)C(NC(=O)c1cccs1)C(=O)Nc1nnc(-c2ccccc2)s1. The van der Waals surface area contributed by atoms with Gasteiger partial charge in [-0.15, -0.1) is 21.5 Å². The van der Waals surface area contributed by atoms with E-state index in [0.717, 1.165) is 17.0 Å². The molecule has 0 bridgehead atoms. The van der Waals surface area contributed by atoms with Crippen LogP contribution >= 0.6 is 22.7 Å². The van der Waals surface area contributed by atoms with E-state index in [2.05, 4.69) is 20.8 Å². The van der Waals surface area contributed by atoms with Crippen molar-refractivity contribution in [1.29, 1.82) is 0 Å². The van der Waals surface area contributed by atoms with Gasteiger partial charge in [0.1, 0.15) is 11.0 Å². The fourth-order valence-electron chi connectivity index (χ4n) is 2.48. The summed E-state index contributed by atoms with van der Waals surface area (Å²) in [4.78, 5) is 25.7. The number of hydrogen-bond acceptors (Lipinski definition) is 6. The maximum atomic E-state index is 12.8. The van der Waals surface area contributed by atoms with Crippen LogP contribution in [-0.2, 0) is 4.79 Å². The summed E-state index contributed by atoms with van der Waals surface area (Å²) in [6, 6.07) is 12.6. The molecule has 27 heavy (non-hydrogen) atoms. The summed E-state index contributed by atoms with van der Waals surface area (Å²) in [5, 5.41) is 16.8. The van der Waals surface area contributed by atoms with Crippen LogP contribution in [0.25, 0.3) is 10.6 Å². The molecule has 0 aliphatic carbocycles. The summed E-state index contributed by atoms with van der Waals surface area (Å²) in [7, 11) is 0.